The molecule has 0 spiro atoms. The molecule has 2 heteroatoms. The predicted molar refractivity (Wildman–Crippen MR) is 67.0 cm³/mol. The van der Waals surface area contributed by atoms with Gasteiger partial charge in [-0.2, -0.15) is 0 Å². The third kappa shape index (κ3) is 2.45. The fourth-order valence-corrected chi connectivity index (χ4v) is 2.18. The van der Waals surface area contributed by atoms with Crippen molar-refractivity contribution in [3.8, 4) is 5.75 Å². The molecule has 0 aliphatic heterocycles. The molecule has 0 saturated heterocycles. The largest absolute Gasteiger partial charge is 0.497 e. The molecule has 0 radical (unpaired) electrons. The van der Waals surface area contributed by atoms with E-state index in [1.807, 2.05) is 18.2 Å². The van der Waals surface area contributed by atoms with Crippen LogP contribution in [0.2, 0.25) is 0 Å². The van der Waals surface area contributed by atoms with Crippen LogP contribution in [0.5, 0.6) is 5.75 Å². The Kier molecular flexibility index (Phi) is 3.62. The van der Waals surface area contributed by atoms with Crippen LogP contribution in [0.3, 0.4) is 0 Å². The molecule has 0 heterocycles. The molecule has 1 N–H and O–H groups in total. The van der Waals surface area contributed by atoms with Gasteiger partial charge in [-0.05, 0) is 36.5 Å². The van der Waals surface area contributed by atoms with Gasteiger partial charge in [0.1, 0.15) is 5.75 Å². The molecule has 2 nitrogen and oxygen atoms in total. The van der Waals surface area contributed by atoms with E-state index in [1.54, 1.807) is 7.11 Å². The Morgan fingerprint density at radius 3 is 2.62 bits per heavy atom. The topological polar surface area (TPSA) is 21.3 Å². The van der Waals surface area contributed by atoms with Crippen LogP contribution >= 0.6 is 0 Å². The van der Waals surface area contributed by atoms with Gasteiger partial charge in [0.2, 0.25) is 0 Å². The molecule has 1 aromatic carbocycles. The number of hydrogen-bond acceptors (Lipinski definition) is 2. The van der Waals surface area contributed by atoms with E-state index in [-0.39, 0.29) is 0 Å². The first-order valence-electron chi connectivity index (χ1n) is 5.81. The predicted octanol–water partition coefficient (Wildman–Crippen LogP) is 2.72. The van der Waals surface area contributed by atoms with Gasteiger partial charge in [-0.25, -0.2) is 0 Å². The summed E-state index contributed by atoms with van der Waals surface area (Å²) in [4.78, 5) is 0. The molecule has 0 amide bonds. The molecule has 1 aromatic rings. The highest BCUT2D eigenvalue weighted by Gasteiger charge is 2.29. The van der Waals surface area contributed by atoms with Crippen LogP contribution in [0.25, 0.3) is 0 Å². The zero-order valence-corrected chi connectivity index (χ0v) is 9.78. The van der Waals surface area contributed by atoms with Crippen LogP contribution < -0.4 is 10.1 Å². The Hall–Kier alpha value is -1.28. The van der Waals surface area contributed by atoms with E-state index in [0.29, 0.717) is 12.0 Å². The van der Waals surface area contributed by atoms with Crippen molar-refractivity contribution >= 4 is 0 Å². The van der Waals surface area contributed by atoms with E-state index in [1.165, 1.54) is 18.4 Å². The number of methoxy groups -OCH3 is 1. The lowest BCUT2D eigenvalue weighted by Gasteiger charge is -2.36. The van der Waals surface area contributed by atoms with Gasteiger partial charge >= 0.3 is 0 Å². The van der Waals surface area contributed by atoms with Crippen molar-refractivity contribution in [1.82, 2.24) is 5.32 Å². The first-order chi connectivity index (χ1) is 7.83. The second-order valence-electron chi connectivity index (χ2n) is 4.34. The summed E-state index contributed by atoms with van der Waals surface area (Å²) in [5, 5.41) is 3.45. The van der Waals surface area contributed by atoms with E-state index < -0.39 is 0 Å². The highest BCUT2D eigenvalue weighted by atomic mass is 16.5. The summed E-state index contributed by atoms with van der Waals surface area (Å²) in [6, 6.07) is 9.10. The van der Waals surface area contributed by atoms with Crippen molar-refractivity contribution in [2.24, 2.45) is 0 Å². The van der Waals surface area contributed by atoms with Crippen molar-refractivity contribution in [1.29, 1.82) is 0 Å². The molecule has 1 fully saturated rings. The number of benzene rings is 1. The summed E-state index contributed by atoms with van der Waals surface area (Å²) in [7, 11) is 1.70. The molecule has 16 heavy (non-hydrogen) atoms. The molecule has 86 valence electrons. The highest BCUT2D eigenvalue weighted by molar-refractivity contribution is 5.30. The zero-order chi connectivity index (χ0) is 11.4. The van der Waals surface area contributed by atoms with E-state index in [4.69, 9.17) is 4.74 Å². The first-order valence-corrected chi connectivity index (χ1v) is 5.81. The average Bonchev–Trinajstić information content (AvgIpc) is 2.28. The van der Waals surface area contributed by atoms with Crippen LogP contribution in [0.15, 0.2) is 36.9 Å². The van der Waals surface area contributed by atoms with E-state index in [2.05, 4.69) is 24.0 Å². The normalized spacial score (nSPS) is 23.6. The van der Waals surface area contributed by atoms with Crippen molar-refractivity contribution in [3.63, 3.8) is 0 Å². The van der Waals surface area contributed by atoms with Crippen LogP contribution in [0.4, 0.5) is 0 Å². The van der Waals surface area contributed by atoms with Crippen LogP contribution in [-0.2, 0) is 0 Å². The maximum Gasteiger partial charge on any atom is 0.118 e. The molecule has 1 aliphatic rings. The van der Waals surface area contributed by atoms with Crippen molar-refractivity contribution in [2.45, 2.75) is 24.8 Å². The quantitative estimate of drug-likeness (QED) is 0.766. The Labute approximate surface area is 97.3 Å². The number of ether oxygens (including phenoxy) is 1. The molecule has 2 rings (SSSR count). The molecule has 0 unspecified atom stereocenters. The standard InChI is InChI=1S/C14H19NO/c1-3-8-15-13-9-12(10-13)11-4-6-14(16-2)7-5-11/h3-7,12-13,15H,1,8-10H2,2H3. The molecular weight excluding hydrogens is 198 g/mol. The monoisotopic (exact) mass is 217 g/mol. The van der Waals surface area contributed by atoms with Crippen molar-refractivity contribution in [3.05, 3.63) is 42.5 Å². The van der Waals surface area contributed by atoms with Crippen LogP contribution in [0, 0.1) is 0 Å². The lowest BCUT2D eigenvalue weighted by Crippen LogP contribution is -2.40. The summed E-state index contributed by atoms with van der Waals surface area (Å²) < 4.78 is 5.15. The van der Waals surface area contributed by atoms with Gasteiger partial charge in [0, 0.05) is 12.6 Å². The van der Waals surface area contributed by atoms with Gasteiger partial charge in [-0.3, -0.25) is 0 Å². The Bertz CT molecular complexity index is 338. The minimum Gasteiger partial charge on any atom is -0.497 e. The summed E-state index contributed by atoms with van der Waals surface area (Å²) in [6.45, 7) is 4.63. The lowest BCUT2D eigenvalue weighted by molar-refractivity contribution is 0.299. The minimum atomic E-state index is 0.671. The van der Waals surface area contributed by atoms with Crippen molar-refractivity contribution < 1.29 is 4.74 Å². The summed E-state index contributed by atoms with van der Waals surface area (Å²) in [5.41, 5.74) is 1.43. The average molecular weight is 217 g/mol. The fraction of sp³-hybridized carbons (Fsp3) is 0.429. The Morgan fingerprint density at radius 2 is 2.06 bits per heavy atom. The molecule has 1 saturated carbocycles. The van der Waals surface area contributed by atoms with Crippen LogP contribution in [-0.4, -0.2) is 19.7 Å². The molecule has 0 aromatic heterocycles. The second-order valence-corrected chi connectivity index (χ2v) is 4.34. The van der Waals surface area contributed by atoms with Gasteiger partial charge in [-0.15, -0.1) is 6.58 Å². The Balaban J connectivity index is 1.84. The molecule has 0 bridgehead atoms. The number of nitrogens with one attached hydrogen (secondary N) is 1. The number of hydrogen-bond donors (Lipinski definition) is 1. The van der Waals surface area contributed by atoms with Gasteiger partial charge in [0.15, 0.2) is 0 Å². The molecule has 0 atom stereocenters. The smallest absolute Gasteiger partial charge is 0.118 e. The van der Waals surface area contributed by atoms with E-state index in [9.17, 15) is 0 Å². The van der Waals surface area contributed by atoms with Gasteiger partial charge in [0.25, 0.3) is 0 Å². The SMILES string of the molecule is C=CCNC1CC(c2ccc(OC)cc2)C1. The third-order valence-corrected chi connectivity index (χ3v) is 3.28. The zero-order valence-electron chi connectivity index (χ0n) is 9.78. The third-order valence-electron chi connectivity index (χ3n) is 3.28. The first kappa shape index (κ1) is 11.2. The lowest BCUT2D eigenvalue weighted by atomic mass is 9.76. The molecular formula is C14H19NO. The van der Waals surface area contributed by atoms with Gasteiger partial charge < -0.3 is 10.1 Å². The van der Waals surface area contributed by atoms with Gasteiger partial charge in [-0.1, -0.05) is 18.2 Å². The second kappa shape index (κ2) is 5.17. The van der Waals surface area contributed by atoms with E-state index >= 15 is 0 Å². The number of rotatable bonds is 5. The summed E-state index contributed by atoms with van der Waals surface area (Å²) in [5.74, 6) is 1.65. The van der Waals surface area contributed by atoms with Crippen LogP contribution in [0.1, 0.15) is 24.3 Å². The van der Waals surface area contributed by atoms with Crippen molar-refractivity contribution in [2.75, 3.05) is 13.7 Å². The maximum absolute atomic E-state index is 5.15. The van der Waals surface area contributed by atoms with Gasteiger partial charge in [0.05, 0.1) is 7.11 Å². The summed E-state index contributed by atoms with van der Waals surface area (Å²) >= 11 is 0. The summed E-state index contributed by atoms with van der Waals surface area (Å²) in [6.07, 6.45) is 4.39. The maximum atomic E-state index is 5.15. The van der Waals surface area contributed by atoms with E-state index in [0.717, 1.165) is 12.3 Å². The Morgan fingerprint density at radius 1 is 1.38 bits per heavy atom. The highest BCUT2D eigenvalue weighted by Crippen LogP contribution is 2.37. The minimum absolute atomic E-state index is 0.671. The molecule has 1 aliphatic carbocycles. The fourth-order valence-electron chi connectivity index (χ4n) is 2.18.